The Morgan fingerprint density at radius 2 is 2.30 bits per heavy atom. The van der Waals surface area contributed by atoms with Gasteiger partial charge in [-0.3, -0.25) is 14.6 Å². The number of nitrogens with one attached hydrogen (secondary N) is 1. The number of rotatable bonds is 7. The van der Waals surface area contributed by atoms with Crippen molar-refractivity contribution in [2.24, 2.45) is 15.8 Å². The number of nitriles is 1. The molecular formula is C21H24N10O2. The Labute approximate surface area is 189 Å². The van der Waals surface area contributed by atoms with E-state index in [-0.39, 0.29) is 24.0 Å². The fraction of sp³-hybridized carbons (Fsp3) is 0.333. The molecule has 3 heterocycles. The molecule has 12 nitrogen and oxygen atoms in total. The van der Waals surface area contributed by atoms with Gasteiger partial charge in [-0.2, -0.15) is 20.6 Å². The number of carbonyl (C=O) groups excluding carboxylic acids is 1. The number of hydrogen-bond donors (Lipinski definition) is 3. The highest BCUT2D eigenvalue weighted by atomic mass is 16.5. The third kappa shape index (κ3) is 3.68. The normalized spacial score (nSPS) is 23.5. The highest BCUT2D eigenvalue weighted by Gasteiger charge is 2.47. The average molecular weight is 448 g/mol. The van der Waals surface area contributed by atoms with Crippen LogP contribution in [0.5, 0.6) is 0 Å². The summed E-state index contributed by atoms with van der Waals surface area (Å²) < 4.78 is 7.16. The number of amides is 1. The van der Waals surface area contributed by atoms with Gasteiger partial charge in [-0.25, -0.2) is 10.0 Å². The number of carbonyl (C=O) groups is 1. The van der Waals surface area contributed by atoms with Gasteiger partial charge in [0.15, 0.2) is 5.82 Å². The van der Waals surface area contributed by atoms with Crippen molar-refractivity contribution in [3.05, 3.63) is 47.2 Å². The number of aliphatic imine (C=N–C) groups is 1. The number of nitrogens with zero attached hydrogens (tertiary/aromatic N) is 7. The quantitative estimate of drug-likeness (QED) is 0.535. The first kappa shape index (κ1) is 22.0. The van der Waals surface area contributed by atoms with E-state index >= 15 is 0 Å². The van der Waals surface area contributed by atoms with E-state index in [2.05, 4.69) is 33.2 Å². The zero-order chi connectivity index (χ0) is 23.8. The number of aromatic nitrogens is 4. The van der Waals surface area contributed by atoms with Gasteiger partial charge in [-0.05, 0) is 25.8 Å². The Kier molecular flexibility index (Phi) is 5.57. The van der Waals surface area contributed by atoms with Gasteiger partial charge in [-0.1, -0.05) is 6.08 Å². The van der Waals surface area contributed by atoms with Crippen LogP contribution in [-0.4, -0.2) is 56.5 Å². The molecule has 1 aliphatic carbocycles. The molecule has 1 fully saturated rings. The Bertz CT molecular complexity index is 1240. The summed E-state index contributed by atoms with van der Waals surface area (Å²) in [5.41, 5.74) is 13.9. The summed E-state index contributed by atoms with van der Waals surface area (Å²) in [6.07, 6.45) is 6.96. The molecule has 170 valence electrons. The molecule has 1 saturated carbocycles. The van der Waals surface area contributed by atoms with E-state index < -0.39 is 11.4 Å². The maximum absolute atomic E-state index is 11.5. The van der Waals surface area contributed by atoms with Crippen molar-refractivity contribution in [2.45, 2.75) is 37.8 Å². The fourth-order valence-corrected chi connectivity index (χ4v) is 4.12. The predicted molar refractivity (Wildman–Crippen MR) is 122 cm³/mol. The van der Waals surface area contributed by atoms with Gasteiger partial charge in [0.1, 0.15) is 17.1 Å². The molecule has 0 aromatic carbocycles. The lowest BCUT2D eigenvalue weighted by molar-refractivity contribution is -0.0541. The molecule has 0 bridgehead atoms. The minimum atomic E-state index is -0.658. The van der Waals surface area contributed by atoms with E-state index in [0.29, 0.717) is 41.2 Å². The summed E-state index contributed by atoms with van der Waals surface area (Å²) in [5, 5.41) is 26.2. The van der Waals surface area contributed by atoms with E-state index in [0.717, 1.165) is 0 Å². The molecule has 33 heavy (non-hydrogen) atoms. The van der Waals surface area contributed by atoms with E-state index in [9.17, 15) is 10.1 Å². The number of anilines is 1. The number of primary amides is 1. The molecule has 5 N–H and O–H groups in total. The minimum absolute atomic E-state index is 0.0696. The van der Waals surface area contributed by atoms with Crippen molar-refractivity contribution in [3.8, 4) is 6.07 Å². The molecular weight excluding hydrogens is 424 g/mol. The number of aromatic amines is 1. The molecule has 2 aromatic rings. The zero-order valence-electron chi connectivity index (χ0n) is 18.3. The zero-order valence-corrected chi connectivity index (χ0v) is 18.3. The van der Waals surface area contributed by atoms with Crippen molar-refractivity contribution < 1.29 is 9.53 Å². The standard InChI is InChI=1S/C21H24N10O2/c1-4-17-18(26-16(11-30(17)25-2)14-7-15(20(24)32)28-27-14)13-10-31(29-19(13)23)21(5-6-22)8-12(9-21)33-3/h4,7,10-12H,2,5,8-9H2,1,3H3,(H2,23,29)(H2,24,32)(H,27,28)/b17-4-/t12-,21+. The lowest BCUT2D eigenvalue weighted by atomic mass is 9.72. The Balaban J connectivity index is 1.78. The van der Waals surface area contributed by atoms with Crippen molar-refractivity contribution in [2.75, 3.05) is 12.8 Å². The molecule has 2 aliphatic rings. The highest BCUT2D eigenvalue weighted by molar-refractivity contribution is 6.17. The van der Waals surface area contributed by atoms with Crippen LogP contribution in [0.2, 0.25) is 0 Å². The monoisotopic (exact) mass is 448 g/mol. The number of methoxy groups -OCH3 is 1. The molecule has 12 heteroatoms. The maximum atomic E-state index is 11.5. The van der Waals surface area contributed by atoms with E-state index in [1.165, 1.54) is 6.07 Å². The number of hydrogen-bond acceptors (Lipinski definition) is 9. The smallest absolute Gasteiger partial charge is 0.269 e. The first-order valence-electron chi connectivity index (χ1n) is 10.2. The molecule has 4 rings (SSSR count). The average Bonchev–Trinajstić information content (AvgIpc) is 3.42. The van der Waals surface area contributed by atoms with Crippen molar-refractivity contribution in [1.29, 1.82) is 5.26 Å². The molecule has 1 amide bonds. The van der Waals surface area contributed by atoms with Crippen LogP contribution in [-0.2, 0) is 10.3 Å². The van der Waals surface area contributed by atoms with Gasteiger partial charge >= 0.3 is 0 Å². The first-order chi connectivity index (χ1) is 15.9. The molecule has 0 spiro atoms. The lowest BCUT2D eigenvalue weighted by Gasteiger charge is -2.45. The summed E-state index contributed by atoms with van der Waals surface area (Å²) in [5.74, 6) is -0.395. The van der Waals surface area contributed by atoms with Gasteiger partial charge < -0.3 is 16.2 Å². The summed E-state index contributed by atoms with van der Waals surface area (Å²) in [6.45, 7) is 5.48. The predicted octanol–water partition coefficient (Wildman–Crippen LogP) is 1.33. The largest absolute Gasteiger partial charge is 0.382 e. The maximum Gasteiger partial charge on any atom is 0.269 e. The molecule has 0 saturated heterocycles. The fourth-order valence-electron chi connectivity index (χ4n) is 4.12. The third-order valence-electron chi connectivity index (χ3n) is 5.94. The molecule has 0 unspecified atom stereocenters. The molecule has 0 atom stereocenters. The van der Waals surface area contributed by atoms with Gasteiger partial charge in [-0.15, -0.1) is 0 Å². The van der Waals surface area contributed by atoms with Gasteiger partial charge in [0, 0.05) is 20.0 Å². The number of nitrogen functional groups attached to an aromatic ring is 1. The summed E-state index contributed by atoms with van der Waals surface area (Å²) >= 11 is 0. The molecule has 1 aliphatic heterocycles. The van der Waals surface area contributed by atoms with Crippen LogP contribution in [0.4, 0.5) is 5.82 Å². The van der Waals surface area contributed by atoms with Crippen LogP contribution in [0, 0.1) is 11.3 Å². The van der Waals surface area contributed by atoms with E-state index in [4.69, 9.17) is 21.2 Å². The third-order valence-corrected chi connectivity index (χ3v) is 5.94. The molecule has 2 aromatic heterocycles. The number of ether oxygens (including phenoxy) is 1. The van der Waals surface area contributed by atoms with Crippen LogP contribution < -0.4 is 11.5 Å². The van der Waals surface area contributed by atoms with Crippen molar-refractivity contribution >= 4 is 29.9 Å². The van der Waals surface area contributed by atoms with Gasteiger partial charge in [0.2, 0.25) is 0 Å². The van der Waals surface area contributed by atoms with Crippen LogP contribution in [0.15, 0.2) is 40.3 Å². The Morgan fingerprint density at radius 1 is 1.55 bits per heavy atom. The van der Waals surface area contributed by atoms with Crippen LogP contribution in [0.25, 0.3) is 5.70 Å². The van der Waals surface area contributed by atoms with Crippen LogP contribution >= 0.6 is 0 Å². The minimum Gasteiger partial charge on any atom is -0.382 e. The number of H-pyrrole nitrogens is 1. The number of nitrogens with two attached hydrogens (primary N) is 2. The second kappa shape index (κ2) is 8.36. The topological polar surface area (TPSA) is 177 Å². The van der Waals surface area contributed by atoms with Crippen LogP contribution in [0.3, 0.4) is 0 Å². The lowest BCUT2D eigenvalue weighted by Crippen LogP contribution is -2.50. The second-order valence-electron chi connectivity index (χ2n) is 7.86. The summed E-state index contributed by atoms with van der Waals surface area (Å²) in [6, 6.07) is 3.75. The summed E-state index contributed by atoms with van der Waals surface area (Å²) in [7, 11) is 1.66. The Hall–Kier alpha value is -4.24. The summed E-state index contributed by atoms with van der Waals surface area (Å²) in [4.78, 5) is 16.2. The first-order valence-corrected chi connectivity index (χ1v) is 10.2. The Morgan fingerprint density at radius 3 is 2.88 bits per heavy atom. The molecule has 0 radical (unpaired) electrons. The van der Waals surface area contributed by atoms with Crippen LogP contribution in [0.1, 0.15) is 47.9 Å². The van der Waals surface area contributed by atoms with Gasteiger partial charge in [0.25, 0.3) is 5.91 Å². The van der Waals surface area contributed by atoms with E-state index in [1.54, 1.807) is 29.2 Å². The second-order valence-corrected chi connectivity index (χ2v) is 7.86. The van der Waals surface area contributed by atoms with Crippen molar-refractivity contribution in [3.63, 3.8) is 0 Å². The van der Waals surface area contributed by atoms with E-state index in [1.807, 2.05) is 13.0 Å². The van der Waals surface area contributed by atoms with Gasteiger partial charge in [0.05, 0.1) is 47.3 Å². The number of allylic oxidation sites excluding steroid dienone is 2. The highest BCUT2D eigenvalue weighted by Crippen LogP contribution is 2.44. The number of hydrazone groups is 1. The van der Waals surface area contributed by atoms with Crippen molar-refractivity contribution in [1.82, 2.24) is 25.0 Å². The SMILES string of the molecule is C=NN1C=C(c2cc(C(N)=O)n[nH]2)N=C(c2cn([C@]3(CC#N)C[C@H](OC)C3)nc2N)/C1=C/C.